The normalized spacial score (nSPS) is 12.8. The molecule has 2 unspecified atom stereocenters. The van der Waals surface area contributed by atoms with E-state index in [-0.39, 0.29) is 40.5 Å². The lowest BCUT2D eigenvalue weighted by Crippen LogP contribution is -2.53. The van der Waals surface area contributed by atoms with Crippen molar-refractivity contribution >= 4 is 50.7 Å². The third kappa shape index (κ3) is 7.53. The smallest absolute Gasteiger partial charge is 0.264 e. The summed E-state index contributed by atoms with van der Waals surface area (Å²) in [5.41, 5.74) is 0.298. The van der Waals surface area contributed by atoms with Crippen LogP contribution in [0.2, 0.25) is 10.0 Å². The highest BCUT2D eigenvalue weighted by atomic mass is 35.5. The minimum atomic E-state index is -4.36. The van der Waals surface area contributed by atoms with E-state index < -0.39 is 34.3 Å². The van der Waals surface area contributed by atoms with Crippen molar-refractivity contribution in [3.8, 4) is 0 Å². The highest BCUT2D eigenvalue weighted by Gasteiger charge is 2.34. The summed E-state index contributed by atoms with van der Waals surface area (Å²) in [5, 5.41) is 3.49. The van der Waals surface area contributed by atoms with E-state index in [2.05, 4.69) is 5.32 Å². The standard InChI is InChI=1S/C29H32Cl2FN3O4S/c1-4-20(3)33-29(37)26(5-2)34(18-21-15-16-23(30)24(31)17-21)28(36)19-35(27-14-10-9-13-25(27)32)40(38,39)22-11-7-6-8-12-22/h6-17,20,26H,4-5,18-19H2,1-3H3,(H,33,37). The minimum Gasteiger partial charge on any atom is -0.352 e. The van der Waals surface area contributed by atoms with Crippen molar-refractivity contribution in [3.63, 3.8) is 0 Å². The zero-order valence-corrected chi connectivity index (χ0v) is 24.8. The number of benzene rings is 3. The molecule has 0 fully saturated rings. The molecule has 0 aromatic heterocycles. The number of halogens is 3. The van der Waals surface area contributed by atoms with Crippen LogP contribution in [-0.4, -0.2) is 43.8 Å². The van der Waals surface area contributed by atoms with Gasteiger partial charge in [-0.3, -0.25) is 13.9 Å². The molecule has 0 bridgehead atoms. The number of para-hydroxylation sites is 1. The molecule has 1 N–H and O–H groups in total. The van der Waals surface area contributed by atoms with Crippen molar-refractivity contribution < 1.29 is 22.4 Å². The van der Waals surface area contributed by atoms with Crippen LogP contribution in [0.1, 0.15) is 39.2 Å². The fourth-order valence-electron chi connectivity index (χ4n) is 4.08. The van der Waals surface area contributed by atoms with Crippen molar-refractivity contribution in [2.75, 3.05) is 10.8 Å². The maximum absolute atomic E-state index is 15.0. The van der Waals surface area contributed by atoms with Gasteiger partial charge in [0.1, 0.15) is 18.4 Å². The van der Waals surface area contributed by atoms with E-state index in [0.29, 0.717) is 17.0 Å². The molecule has 2 atom stereocenters. The number of hydrogen-bond donors (Lipinski definition) is 1. The lowest BCUT2D eigenvalue weighted by molar-refractivity contribution is -0.140. The Morgan fingerprint density at radius 1 is 0.925 bits per heavy atom. The summed E-state index contributed by atoms with van der Waals surface area (Å²) in [6, 6.07) is 16.5. The summed E-state index contributed by atoms with van der Waals surface area (Å²) in [6.07, 6.45) is 0.930. The fraction of sp³-hybridized carbons (Fsp3) is 0.310. The van der Waals surface area contributed by atoms with Gasteiger partial charge in [-0.2, -0.15) is 0 Å². The lowest BCUT2D eigenvalue weighted by Gasteiger charge is -2.33. The van der Waals surface area contributed by atoms with E-state index in [9.17, 15) is 22.4 Å². The van der Waals surface area contributed by atoms with E-state index in [1.165, 1.54) is 47.4 Å². The molecule has 0 spiro atoms. The second-order valence-corrected chi connectivity index (χ2v) is 12.0. The summed E-state index contributed by atoms with van der Waals surface area (Å²) in [6.45, 7) is 4.73. The van der Waals surface area contributed by atoms with E-state index in [1.807, 2.05) is 13.8 Å². The number of anilines is 1. The molecule has 214 valence electrons. The molecule has 0 aliphatic carbocycles. The van der Waals surface area contributed by atoms with Gasteiger partial charge in [-0.05, 0) is 61.7 Å². The molecule has 3 aromatic rings. The van der Waals surface area contributed by atoms with Gasteiger partial charge >= 0.3 is 0 Å². The first kappa shape index (κ1) is 31.4. The van der Waals surface area contributed by atoms with E-state index in [4.69, 9.17) is 23.2 Å². The third-order valence-corrected chi connectivity index (χ3v) is 8.97. The first-order valence-corrected chi connectivity index (χ1v) is 15.0. The quantitative estimate of drug-likeness (QED) is 0.271. The summed E-state index contributed by atoms with van der Waals surface area (Å²) >= 11 is 12.3. The lowest BCUT2D eigenvalue weighted by atomic mass is 10.1. The van der Waals surface area contributed by atoms with Crippen LogP contribution in [0.3, 0.4) is 0 Å². The average molecular weight is 609 g/mol. The number of carbonyl (C=O) groups is 2. The van der Waals surface area contributed by atoms with Gasteiger partial charge in [0.25, 0.3) is 10.0 Å². The van der Waals surface area contributed by atoms with Gasteiger partial charge in [-0.25, -0.2) is 12.8 Å². The Balaban J connectivity index is 2.07. The number of rotatable bonds is 12. The molecular formula is C29H32Cl2FN3O4S. The van der Waals surface area contributed by atoms with Crippen molar-refractivity contribution in [1.29, 1.82) is 0 Å². The third-order valence-electron chi connectivity index (χ3n) is 6.46. The van der Waals surface area contributed by atoms with Crippen LogP contribution in [0.15, 0.2) is 77.7 Å². The molecule has 0 aliphatic heterocycles. The monoisotopic (exact) mass is 607 g/mol. The Kier molecular flexibility index (Phi) is 11.0. The van der Waals surface area contributed by atoms with E-state index in [1.54, 1.807) is 31.2 Å². The summed E-state index contributed by atoms with van der Waals surface area (Å²) < 4.78 is 43.2. The summed E-state index contributed by atoms with van der Waals surface area (Å²) in [4.78, 5) is 28.5. The Morgan fingerprint density at radius 3 is 2.17 bits per heavy atom. The molecular weight excluding hydrogens is 576 g/mol. The topological polar surface area (TPSA) is 86.8 Å². The molecule has 0 saturated heterocycles. The van der Waals surface area contributed by atoms with Crippen molar-refractivity contribution in [2.45, 2.75) is 57.1 Å². The number of amides is 2. The molecule has 0 heterocycles. The van der Waals surface area contributed by atoms with Crippen molar-refractivity contribution in [3.05, 3.63) is 94.2 Å². The minimum absolute atomic E-state index is 0.0569. The molecule has 3 rings (SSSR count). The van der Waals surface area contributed by atoms with Gasteiger partial charge in [-0.15, -0.1) is 0 Å². The predicted molar refractivity (Wildman–Crippen MR) is 156 cm³/mol. The summed E-state index contributed by atoms with van der Waals surface area (Å²) in [7, 11) is -4.36. The SMILES string of the molecule is CCC(C)NC(=O)C(CC)N(Cc1ccc(Cl)c(Cl)c1)C(=O)CN(c1ccccc1F)S(=O)(=O)c1ccccc1. The maximum Gasteiger partial charge on any atom is 0.264 e. The van der Waals surface area contributed by atoms with E-state index in [0.717, 1.165) is 10.4 Å². The molecule has 11 heteroatoms. The Labute approximate surface area is 244 Å². The largest absolute Gasteiger partial charge is 0.352 e. The number of sulfonamides is 1. The average Bonchev–Trinajstić information content (AvgIpc) is 2.94. The molecule has 7 nitrogen and oxygen atoms in total. The highest BCUT2D eigenvalue weighted by molar-refractivity contribution is 7.92. The molecule has 40 heavy (non-hydrogen) atoms. The van der Waals surface area contributed by atoms with Gasteiger partial charge in [-0.1, -0.05) is 73.4 Å². The van der Waals surface area contributed by atoms with Crippen LogP contribution < -0.4 is 9.62 Å². The zero-order chi connectivity index (χ0) is 29.4. The maximum atomic E-state index is 15.0. The Bertz CT molecular complexity index is 1440. The van der Waals surface area contributed by atoms with Crippen LogP contribution in [-0.2, 0) is 26.2 Å². The second kappa shape index (κ2) is 14.0. The zero-order valence-electron chi connectivity index (χ0n) is 22.5. The molecule has 2 amide bonds. The first-order valence-electron chi connectivity index (χ1n) is 12.9. The Morgan fingerprint density at radius 2 is 1.57 bits per heavy atom. The van der Waals surface area contributed by atoms with Crippen LogP contribution >= 0.6 is 23.2 Å². The Hall–Kier alpha value is -3.14. The van der Waals surface area contributed by atoms with Gasteiger partial charge in [0.15, 0.2) is 0 Å². The predicted octanol–water partition coefficient (Wildman–Crippen LogP) is 6.05. The van der Waals surface area contributed by atoms with Crippen LogP contribution in [0.25, 0.3) is 0 Å². The molecule has 0 radical (unpaired) electrons. The van der Waals surface area contributed by atoms with Crippen molar-refractivity contribution in [2.24, 2.45) is 0 Å². The van der Waals surface area contributed by atoms with Gasteiger partial charge in [0.05, 0.1) is 20.6 Å². The second-order valence-electron chi connectivity index (χ2n) is 9.29. The number of hydrogen-bond acceptors (Lipinski definition) is 4. The highest BCUT2D eigenvalue weighted by Crippen LogP contribution is 2.28. The van der Waals surface area contributed by atoms with Crippen LogP contribution in [0.4, 0.5) is 10.1 Å². The summed E-state index contributed by atoms with van der Waals surface area (Å²) in [5.74, 6) is -1.89. The number of nitrogens with one attached hydrogen (secondary N) is 1. The van der Waals surface area contributed by atoms with Gasteiger partial charge in [0, 0.05) is 12.6 Å². The van der Waals surface area contributed by atoms with Crippen molar-refractivity contribution in [1.82, 2.24) is 10.2 Å². The van der Waals surface area contributed by atoms with Gasteiger partial charge in [0.2, 0.25) is 11.8 Å². The van der Waals surface area contributed by atoms with E-state index >= 15 is 0 Å². The first-order chi connectivity index (χ1) is 19.0. The molecule has 0 aliphatic rings. The number of nitrogens with zero attached hydrogens (tertiary/aromatic N) is 2. The fourth-order valence-corrected chi connectivity index (χ4v) is 5.85. The van der Waals surface area contributed by atoms with Crippen LogP contribution in [0.5, 0.6) is 0 Å². The van der Waals surface area contributed by atoms with Gasteiger partial charge < -0.3 is 10.2 Å². The molecule has 3 aromatic carbocycles. The van der Waals surface area contributed by atoms with Crippen LogP contribution in [0, 0.1) is 5.82 Å². The molecule has 0 saturated carbocycles. The number of carbonyl (C=O) groups excluding carboxylic acids is 2.